The van der Waals surface area contributed by atoms with Crippen molar-refractivity contribution >= 4 is 33.6 Å². The summed E-state index contributed by atoms with van der Waals surface area (Å²) in [7, 11) is 0. The van der Waals surface area contributed by atoms with Gasteiger partial charge in [0.1, 0.15) is 12.4 Å². The van der Waals surface area contributed by atoms with Gasteiger partial charge in [-0.2, -0.15) is 0 Å². The van der Waals surface area contributed by atoms with Crippen LogP contribution in [0.4, 0.5) is 0 Å². The number of rotatable bonds is 4. The summed E-state index contributed by atoms with van der Waals surface area (Å²) in [6, 6.07) is 20.9. The second-order valence-corrected chi connectivity index (χ2v) is 6.52. The Hall–Kier alpha value is -3.67. The number of hydrogen-bond donors (Lipinski definition) is 2. The Kier molecular flexibility index (Phi) is 4.76. The van der Waals surface area contributed by atoms with E-state index in [1.54, 1.807) is 12.1 Å². The van der Waals surface area contributed by atoms with E-state index in [9.17, 15) is 9.59 Å². The molecule has 0 saturated heterocycles. The van der Waals surface area contributed by atoms with Crippen molar-refractivity contribution in [3.63, 3.8) is 0 Å². The van der Waals surface area contributed by atoms with E-state index in [2.05, 4.69) is 15.8 Å². The minimum atomic E-state index is -0.356. The Morgan fingerprint density at radius 1 is 0.929 bits per heavy atom. The molecule has 3 aromatic carbocycles. The van der Waals surface area contributed by atoms with Crippen LogP contribution in [0.3, 0.4) is 0 Å². The maximum absolute atomic E-state index is 12.4. The number of imidazole rings is 1. The van der Waals surface area contributed by atoms with Crippen molar-refractivity contribution in [2.75, 3.05) is 0 Å². The van der Waals surface area contributed by atoms with Crippen LogP contribution in [0.2, 0.25) is 0 Å². The van der Waals surface area contributed by atoms with E-state index >= 15 is 0 Å². The molecule has 0 unspecified atom stereocenters. The van der Waals surface area contributed by atoms with Crippen LogP contribution < -0.4 is 10.9 Å². The second-order valence-electron chi connectivity index (χ2n) is 6.52. The third-order valence-corrected chi connectivity index (χ3v) is 4.68. The van der Waals surface area contributed by atoms with E-state index in [0.29, 0.717) is 12.0 Å². The Morgan fingerprint density at radius 3 is 2.50 bits per heavy atom. The van der Waals surface area contributed by atoms with Crippen LogP contribution in [0.15, 0.2) is 66.7 Å². The average molecular weight is 372 g/mol. The molecule has 4 aromatic rings. The number of nitrogens with zero attached hydrogens (tertiary/aromatic N) is 2. The number of hydrazine groups is 1. The number of carbonyl (C=O) groups is 2. The van der Waals surface area contributed by atoms with E-state index in [-0.39, 0.29) is 18.4 Å². The van der Waals surface area contributed by atoms with E-state index in [0.717, 1.165) is 27.6 Å². The summed E-state index contributed by atoms with van der Waals surface area (Å²) in [6.07, 6.45) is 0.714. The van der Waals surface area contributed by atoms with Gasteiger partial charge in [0.15, 0.2) is 0 Å². The van der Waals surface area contributed by atoms with E-state index in [1.165, 1.54) is 0 Å². The van der Waals surface area contributed by atoms with Gasteiger partial charge in [-0.25, -0.2) is 4.98 Å². The average Bonchev–Trinajstić information content (AvgIpc) is 3.09. The SMILES string of the molecule is CCc1nc2ccccc2n1CC(=O)NNC(=O)c1ccc2ccccc2c1. The molecule has 0 aliphatic carbocycles. The lowest BCUT2D eigenvalue weighted by Crippen LogP contribution is -2.43. The molecule has 6 nitrogen and oxygen atoms in total. The van der Waals surface area contributed by atoms with Crippen molar-refractivity contribution in [3.8, 4) is 0 Å². The van der Waals surface area contributed by atoms with Crippen molar-refractivity contribution in [1.29, 1.82) is 0 Å². The quantitative estimate of drug-likeness (QED) is 0.540. The fourth-order valence-corrected chi connectivity index (χ4v) is 3.28. The van der Waals surface area contributed by atoms with Crippen LogP contribution in [-0.2, 0) is 17.8 Å². The molecule has 0 spiro atoms. The summed E-state index contributed by atoms with van der Waals surface area (Å²) in [5, 5.41) is 2.03. The van der Waals surface area contributed by atoms with Crippen LogP contribution in [0.25, 0.3) is 21.8 Å². The molecule has 1 aromatic heterocycles. The van der Waals surface area contributed by atoms with Gasteiger partial charge in [0.05, 0.1) is 11.0 Å². The molecule has 0 radical (unpaired) electrons. The number of aryl methyl sites for hydroxylation is 1. The third kappa shape index (κ3) is 3.44. The zero-order valence-corrected chi connectivity index (χ0v) is 15.5. The molecule has 2 amide bonds. The normalized spacial score (nSPS) is 10.9. The molecule has 28 heavy (non-hydrogen) atoms. The van der Waals surface area contributed by atoms with E-state index in [1.807, 2.05) is 66.1 Å². The van der Waals surface area contributed by atoms with Crippen molar-refractivity contribution in [3.05, 3.63) is 78.1 Å². The summed E-state index contributed by atoms with van der Waals surface area (Å²) in [4.78, 5) is 29.3. The van der Waals surface area contributed by atoms with Gasteiger partial charge < -0.3 is 4.57 Å². The highest BCUT2D eigenvalue weighted by Gasteiger charge is 2.13. The zero-order chi connectivity index (χ0) is 19.5. The zero-order valence-electron chi connectivity index (χ0n) is 15.5. The van der Waals surface area contributed by atoms with E-state index in [4.69, 9.17) is 0 Å². The van der Waals surface area contributed by atoms with Crippen LogP contribution in [-0.4, -0.2) is 21.4 Å². The number of fused-ring (bicyclic) bond motifs is 2. The van der Waals surface area contributed by atoms with E-state index < -0.39 is 0 Å². The third-order valence-electron chi connectivity index (χ3n) is 4.68. The highest BCUT2D eigenvalue weighted by atomic mass is 16.2. The maximum atomic E-state index is 12.4. The molecule has 6 heteroatoms. The maximum Gasteiger partial charge on any atom is 0.269 e. The number of amides is 2. The van der Waals surface area contributed by atoms with Crippen LogP contribution in [0.5, 0.6) is 0 Å². The predicted octanol–water partition coefficient (Wildman–Crippen LogP) is 3.21. The molecule has 1 heterocycles. The van der Waals surface area contributed by atoms with Crippen LogP contribution in [0.1, 0.15) is 23.1 Å². The van der Waals surface area contributed by atoms with Gasteiger partial charge >= 0.3 is 0 Å². The van der Waals surface area contributed by atoms with Gasteiger partial charge in [0.2, 0.25) is 0 Å². The molecular weight excluding hydrogens is 352 g/mol. The topological polar surface area (TPSA) is 76.0 Å². The van der Waals surface area contributed by atoms with Gasteiger partial charge in [-0.1, -0.05) is 49.4 Å². The molecule has 0 aliphatic rings. The van der Waals surface area contributed by atoms with Gasteiger partial charge in [-0.3, -0.25) is 20.4 Å². The van der Waals surface area contributed by atoms with Crippen molar-refractivity contribution in [2.45, 2.75) is 19.9 Å². The first-order valence-corrected chi connectivity index (χ1v) is 9.18. The van der Waals surface area contributed by atoms with Crippen LogP contribution >= 0.6 is 0 Å². The Morgan fingerprint density at radius 2 is 1.68 bits per heavy atom. The largest absolute Gasteiger partial charge is 0.318 e. The Labute approximate surface area is 162 Å². The molecule has 0 saturated carbocycles. The van der Waals surface area contributed by atoms with Crippen LogP contribution in [0, 0.1) is 0 Å². The lowest BCUT2D eigenvalue weighted by atomic mass is 10.1. The van der Waals surface area contributed by atoms with Gasteiger partial charge in [-0.15, -0.1) is 0 Å². The molecule has 4 rings (SSSR count). The predicted molar refractivity (Wildman–Crippen MR) is 109 cm³/mol. The summed E-state index contributed by atoms with van der Waals surface area (Å²) in [6.45, 7) is 2.08. The minimum Gasteiger partial charge on any atom is -0.318 e. The van der Waals surface area contributed by atoms with Gasteiger partial charge in [0.25, 0.3) is 11.8 Å². The summed E-state index contributed by atoms with van der Waals surface area (Å²) in [5.41, 5.74) is 7.23. The number of para-hydroxylation sites is 2. The first kappa shape index (κ1) is 17.7. The Bertz CT molecular complexity index is 1180. The molecule has 0 aliphatic heterocycles. The summed E-state index contributed by atoms with van der Waals surface area (Å²) in [5.74, 6) is 0.162. The standard InChI is InChI=1S/C22H20N4O2/c1-2-20-23-18-9-5-6-10-19(18)26(20)14-21(27)24-25-22(28)17-12-11-15-7-3-4-8-16(15)13-17/h3-13H,2,14H2,1H3,(H,24,27)(H,25,28). The van der Waals surface area contributed by atoms with Gasteiger partial charge in [-0.05, 0) is 35.0 Å². The lowest BCUT2D eigenvalue weighted by molar-refractivity contribution is -0.122. The molecule has 0 bridgehead atoms. The summed E-state index contributed by atoms with van der Waals surface area (Å²) >= 11 is 0. The first-order chi connectivity index (χ1) is 13.7. The lowest BCUT2D eigenvalue weighted by Gasteiger charge is -2.10. The molecular formula is C22H20N4O2. The highest BCUT2D eigenvalue weighted by molar-refractivity contribution is 5.99. The molecule has 140 valence electrons. The molecule has 2 N–H and O–H groups in total. The van der Waals surface area contributed by atoms with Crippen molar-refractivity contribution < 1.29 is 9.59 Å². The number of carbonyl (C=O) groups excluding carboxylic acids is 2. The Balaban J connectivity index is 1.45. The summed E-state index contributed by atoms with van der Waals surface area (Å²) < 4.78 is 1.87. The number of nitrogens with one attached hydrogen (secondary N) is 2. The number of hydrogen-bond acceptors (Lipinski definition) is 3. The number of benzene rings is 3. The van der Waals surface area contributed by atoms with Crippen molar-refractivity contribution in [1.82, 2.24) is 20.4 Å². The van der Waals surface area contributed by atoms with Crippen molar-refractivity contribution in [2.24, 2.45) is 0 Å². The molecule has 0 fully saturated rings. The number of aromatic nitrogens is 2. The fraction of sp³-hybridized carbons (Fsp3) is 0.136. The first-order valence-electron chi connectivity index (χ1n) is 9.18. The molecule has 0 atom stereocenters. The smallest absolute Gasteiger partial charge is 0.269 e. The highest BCUT2D eigenvalue weighted by Crippen LogP contribution is 2.17. The minimum absolute atomic E-state index is 0.0850. The van der Waals surface area contributed by atoms with Gasteiger partial charge in [0, 0.05) is 12.0 Å². The second kappa shape index (κ2) is 7.52. The fourth-order valence-electron chi connectivity index (χ4n) is 3.28. The monoisotopic (exact) mass is 372 g/mol.